The van der Waals surface area contributed by atoms with Crippen molar-refractivity contribution in [3.05, 3.63) is 30.3 Å². The van der Waals surface area contributed by atoms with Gasteiger partial charge in [0.15, 0.2) is 11.3 Å². The van der Waals surface area contributed by atoms with Crippen molar-refractivity contribution in [2.45, 2.75) is 0 Å². The fourth-order valence-corrected chi connectivity index (χ4v) is 1.17. The molecule has 0 amide bonds. The van der Waals surface area contributed by atoms with E-state index in [0.29, 0.717) is 0 Å². The predicted molar refractivity (Wildman–Crippen MR) is 49.0 cm³/mol. The van der Waals surface area contributed by atoms with Gasteiger partial charge in [-0.05, 0) is 0 Å². The van der Waals surface area contributed by atoms with Crippen LogP contribution in [0.2, 0.25) is 0 Å². The highest BCUT2D eigenvalue weighted by Crippen LogP contribution is 2.18. The van der Waals surface area contributed by atoms with E-state index in [1.165, 1.54) is 0 Å². The molecule has 0 spiro atoms. The van der Waals surface area contributed by atoms with Crippen molar-refractivity contribution in [3.8, 4) is 0 Å². The van der Waals surface area contributed by atoms with Crippen LogP contribution in [0.4, 0.5) is 5.69 Å². The standard InChI is InChI=1S/C8H11NO2S/c1-9(2,12(10)11)8-6-4-3-5-7-8/h3-7H,1-2H3. The molecule has 0 radical (unpaired) electrons. The molecule has 0 heterocycles. The lowest BCUT2D eigenvalue weighted by atomic mass is 10.3. The van der Waals surface area contributed by atoms with Crippen molar-refractivity contribution in [2.75, 3.05) is 14.1 Å². The fraction of sp³-hybridized carbons (Fsp3) is 0.250. The Bertz CT molecular complexity index is 284. The number of benzene rings is 1. The maximum Gasteiger partial charge on any atom is 0.153 e. The Morgan fingerprint density at radius 2 is 1.75 bits per heavy atom. The molecule has 1 aromatic rings. The molecule has 0 aromatic heterocycles. The first-order valence-electron chi connectivity index (χ1n) is 3.54. The van der Waals surface area contributed by atoms with Gasteiger partial charge in [-0.1, -0.05) is 18.2 Å². The number of para-hydroxylation sites is 1. The lowest BCUT2D eigenvalue weighted by Crippen LogP contribution is -2.41. The van der Waals surface area contributed by atoms with Crippen LogP contribution >= 0.6 is 0 Å². The topological polar surface area (TPSA) is 40.1 Å². The van der Waals surface area contributed by atoms with E-state index in [4.69, 9.17) is 0 Å². The molecule has 4 heteroatoms. The minimum absolute atomic E-state index is 0.138. The van der Waals surface area contributed by atoms with Crippen molar-refractivity contribution in [1.29, 1.82) is 0 Å². The zero-order valence-corrected chi connectivity index (χ0v) is 7.88. The van der Waals surface area contributed by atoms with E-state index < -0.39 is 11.3 Å². The third-order valence-corrected chi connectivity index (χ3v) is 2.71. The van der Waals surface area contributed by atoms with Gasteiger partial charge in [-0.15, -0.1) is 0 Å². The van der Waals surface area contributed by atoms with E-state index in [9.17, 15) is 8.76 Å². The van der Waals surface area contributed by atoms with Crippen LogP contribution in [0, 0.1) is 0 Å². The number of hydrogen-bond donors (Lipinski definition) is 0. The summed E-state index contributed by atoms with van der Waals surface area (Å²) in [5.74, 6) is 0. The smallest absolute Gasteiger partial charge is 0.153 e. The SMILES string of the molecule is C[N+](C)(c1ccccc1)S(=O)[O-]. The van der Waals surface area contributed by atoms with Crippen molar-refractivity contribution in [1.82, 2.24) is 3.89 Å². The Hall–Kier alpha value is -0.710. The van der Waals surface area contributed by atoms with Gasteiger partial charge in [-0.25, -0.2) is 8.10 Å². The van der Waals surface area contributed by atoms with E-state index in [-0.39, 0.29) is 3.89 Å². The molecule has 0 fully saturated rings. The number of rotatable bonds is 2. The van der Waals surface area contributed by atoms with Gasteiger partial charge in [0.2, 0.25) is 0 Å². The Balaban J connectivity index is 3.06. The monoisotopic (exact) mass is 185 g/mol. The molecule has 0 aliphatic rings. The summed E-state index contributed by atoms with van der Waals surface area (Å²) in [6.07, 6.45) is 0. The molecule has 66 valence electrons. The van der Waals surface area contributed by atoms with E-state index in [2.05, 4.69) is 0 Å². The molecule has 0 saturated heterocycles. The maximum atomic E-state index is 10.8. The molecular weight excluding hydrogens is 174 g/mol. The molecule has 0 aliphatic carbocycles. The maximum absolute atomic E-state index is 10.8. The molecule has 1 aromatic carbocycles. The average Bonchev–Trinajstić information content (AvgIpc) is 2.06. The molecule has 12 heavy (non-hydrogen) atoms. The molecule has 0 bridgehead atoms. The van der Waals surface area contributed by atoms with Gasteiger partial charge in [0.05, 0.1) is 14.1 Å². The fourth-order valence-electron chi connectivity index (χ4n) is 0.873. The van der Waals surface area contributed by atoms with Gasteiger partial charge in [0.1, 0.15) is 5.69 Å². The minimum Gasteiger partial charge on any atom is -0.724 e. The van der Waals surface area contributed by atoms with Crippen LogP contribution in [-0.2, 0) is 11.3 Å². The van der Waals surface area contributed by atoms with Crippen molar-refractivity contribution in [2.24, 2.45) is 0 Å². The molecular formula is C8H11NO2S. The second-order valence-electron chi connectivity index (χ2n) is 2.90. The first-order valence-corrected chi connectivity index (χ1v) is 4.58. The van der Waals surface area contributed by atoms with Crippen LogP contribution in [0.15, 0.2) is 30.3 Å². The summed E-state index contributed by atoms with van der Waals surface area (Å²) in [5.41, 5.74) is 0.755. The Kier molecular flexibility index (Phi) is 2.62. The van der Waals surface area contributed by atoms with Crippen LogP contribution in [0.5, 0.6) is 0 Å². The van der Waals surface area contributed by atoms with E-state index in [1.54, 1.807) is 26.2 Å². The van der Waals surface area contributed by atoms with Crippen LogP contribution in [-0.4, -0.2) is 22.9 Å². The first kappa shape index (κ1) is 9.38. The van der Waals surface area contributed by atoms with E-state index >= 15 is 0 Å². The van der Waals surface area contributed by atoms with Gasteiger partial charge in [0.25, 0.3) is 0 Å². The van der Waals surface area contributed by atoms with E-state index in [1.807, 2.05) is 18.2 Å². The van der Waals surface area contributed by atoms with Crippen molar-refractivity contribution < 1.29 is 8.76 Å². The third kappa shape index (κ3) is 1.72. The summed E-state index contributed by atoms with van der Waals surface area (Å²) < 4.78 is 21.4. The molecule has 0 N–H and O–H groups in total. The summed E-state index contributed by atoms with van der Waals surface area (Å²) in [5, 5.41) is 0. The summed E-state index contributed by atoms with van der Waals surface area (Å²) in [7, 11) is 3.25. The molecule has 0 saturated carbocycles. The van der Waals surface area contributed by atoms with Crippen molar-refractivity contribution in [3.63, 3.8) is 0 Å². The predicted octanol–water partition coefficient (Wildman–Crippen LogP) is 1.05. The molecule has 1 atom stereocenters. The Labute approximate surface area is 74.6 Å². The Morgan fingerprint density at radius 3 is 2.17 bits per heavy atom. The highest BCUT2D eigenvalue weighted by Gasteiger charge is 2.19. The van der Waals surface area contributed by atoms with Crippen LogP contribution in [0.1, 0.15) is 0 Å². The van der Waals surface area contributed by atoms with Gasteiger partial charge in [-0.2, -0.15) is 0 Å². The van der Waals surface area contributed by atoms with Crippen LogP contribution in [0.25, 0.3) is 0 Å². The van der Waals surface area contributed by atoms with E-state index in [0.717, 1.165) is 5.69 Å². The second kappa shape index (κ2) is 3.35. The molecule has 1 unspecified atom stereocenters. The summed E-state index contributed by atoms with van der Waals surface area (Å²) in [4.78, 5) is 0. The largest absolute Gasteiger partial charge is 0.724 e. The Morgan fingerprint density at radius 1 is 1.25 bits per heavy atom. The van der Waals surface area contributed by atoms with Gasteiger partial charge in [0, 0.05) is 12.1 Å². The van der Waals surface area contributed by atoms with Gasteiger partial charge < -0.3 is 4.55 Å². The number of quaternary nitrogens is 1. The molecule has 0 aliphatic heterocycles. The molecule has 1 rings (SSSR count). The number of hydrogen-bond acceptors (Lipinski definition) is 2. The lowest BCUT2D eigenvalue weighted by Gasteiger charge is -2.29. The van der Waals surface area contributed by atoms with Crippen LogP contribution < -0.4 is 3.89 Å². The summed E-state index contributed by atoms with van der Waals surface area (Å²) in [6.45, 7) is 0. The summed E-state index contributed by atoms with van der Waals surface area (Å²) >= 11 is -2.14. The van der Waals surface area contributed by atoms with Gasteiger partial charge >= 0.3 is 0 Å². The lowest BCUT2D eigenvalue weighted by molar-refractivity contribution is 0.465. The number of nitrogens with zero attached hydrogens (tertiary/aromatic N) is 1. The zero-order valence-electron chi connectivity index (χ0n) is 7.06. The van der Waals surface area contributed by atoms with Crippen molar-refractivity contribution >= 4 is 17.0 Å². The molecule has 3 nitrogen and oxygen atoms in total. The second-order valence-corrected chi connectivity index (χ2v) is 4.25. The third-order valence-electron chi connectivity index (χ3n) is 1.75. The minimum atomic E-state index is -2.14. The van der Waals surface area contributed by atoms with Gasteiger partial charge in [-0.3, -0.25) is 0 Å². The summed E-state index contributed by atoms with van der Waals surface area (Å²) in [6, 6.07) is 9.08. The first-order chi connectivity index (χ1) is 5.55. The highest BCUT2D eigenvalue weighted by atomic mass is 32.2. The zero-order chi connectivity index (χ0) is 9.19. The normalized spacial score (nSPS) is 14.2. The average molecular weight is 185 g/mol. The van der Waals surface area contributed by atoms with Crippen LogP contribution in [0.3, 0.4) is 0 Å². The highest BCUT2D eigenvalue weighted by molar-refractivity contribution is 7.78. The quantitative estimate of drug-likeness (QED) is 0.510.